The van der Waals surface area contributed by atoms with Crippen LogP contribution in [0.5, 0.6) is 0 Å². The van der Waals surface area contributed by atoms with Crippen molar-refractivity contribution in [1.82, 2.24) is 0 Å². The summed E-state index contributed by atoms with van der Waals surface area (Å²) in [5, 5.41) is 2.09. The first-order valence-electron chi connectivity index (χ1n) is 5.64. The Morgan fingerprint density at radius 2 is 1.67 bits per heavy atom. The topological polar surface area (TPSA) is 18.5 Å². The molecule has 1 saturated heterocycles. The van der Waals surface area contributed by atoms with Gasteiger partial charge < -0.3 is 9.47 Å². The highest BCUT2D eigenvalue weighted by Crippen LogP contribution is 2.26. The summed E-state index contributed by atoms with van der Waals surface area (Å²) >= 11 is 1.73. The smallest absolute Gasteiger partial charge is 0.184 e. The molecule has 1 aromatic rings. The van der Waals surface area contributed by atoms with E-state index in [0.717, 1.165) is 18.8 Å². The van der Waals surface area contributed by atoms with Gasteiger partial charge in [0.25, 0.3) is 0 Å². The van der Waals surface area contributed by atoms with E-state index in [0.29, 0.717) is 0 Å². The van der Waals surface area contributed by atoms with Gasteiger partial charge in [0.2, 0.25) is 0 Å². The number of aryl methyl sites for hydroxylation is 1. The zero-order chi connectivity index (χ0) is 11.7. The molecule has 0 aromatic carbocycles. The van der Waals surface area contributed by atoms with E-state index in [9.17, 15) is 0 Å². The van der Waals surface area contributed by atoms with Gasteiger partial charge in [0, 0.05) is 10.4 Å². The summed E-state index contributed by atoms with van der Waals surface area (Å²) in [6, 6.07) is 2.11. The molecule has 2 heterocycles. The third-order valence-electron chi connectivity index (χ3n) is 1.64. The Labute approximate surface area is 97.2 Å². The van der Waals surface area contributed by atoms with Crippen molar-refractivity contribution in [1.29, 1.82) is 0 Å². The zero-order valence-corrected chi connectivity index (χ0v) is 11.2. The third-order valence-corrected chi connectivity index (χ3v) is 2.52. The highest BCUT2D eigenvalue weighted by molar-refractivity contribution is 7.10. The maximum absolute atomic E-state index is 5.34. The Balaban J connectivity index is 0.000000442. The molecule has 0 radical (unpaired) electrons. The van der Waals surface area contributed by atoms with E-state index < -0.39 is 0 Å². The summed E-state index contributed by atoms with van der Waals surface area (Å²) in [6.45, 7) is 11.5. The van der Waals surface area contributed by atoms with Crippen molar-refractivity contribution in [3.8, 4) is 0 Å². The minimum atomic E-state index is -0.0973. The van der Waals surface area contributed by atoms with Gasteiger partial charge in [-0.1, -0.05) is 27.7 Å². The average Bonchev–Trinajstić information content (AvgIpc) is 2.94. The standard InChI is InChI=1S/C8H10O2S.2C2H6/c1-6-4-7(5-11-6)8-9-2-3-10-8;2*1-2/h4-5,8H,2-3H2,1H3;2*1-2H3. The molecule has 0 aliphatic carbocycles. The van der Waals surface area contributed by atoms with Crippen LogP contribution >= 0.6 is 11.3 Å². The van der Waals surface area contributed by atoms with Gasteiger partial charge in [-0.25, -0.2) is 0 Å². The third kappa shape index (κ3) is 4.78. The number of ether oxygens (including phenoxy) is 2. The monoisotopic (exact) mass is 230 g/mol. The summed E-state index contributed by atoms with van der Waals surface area (Å²) in [4.78, 5) is 1.30. The van der Waals surface area contributed by atoms with Gasteiger partial charge in [0.05, 0.1) is 13.2 Å². The number of hydrogen-bond acceptors (Lipinski definition) is 3. The summed E-state index contributed by atoms with van der Waals surface area (Å²) in [5.74, 6) is 0. The molecule has 2 nitrogen and oxygen atoms in total. The van der Waals surface area contributed by atoms with Crippen LogP contribution in [0.25, 0.3) is 0 Å². The van der Waals surface area contributed by atoms with Crippen LogP contribution in [0, 0.1) is 6.92 Å². The largest absolute Gasteiger partial charge is 0.346 e. The number of thiophene rings is 1. The highest BCUT2D eigenvalue weighted by Gasteiger charge is 2.18. The van der Waals surface area contributed by atoms with E-state index in [1.165, 1.54) is 4.88 Å². The second-order valence-corrected chi connectivity index (χ2v) is 3.68. The fourth-order valence-corrected chi connectivity index (χ4v) is 1.84. The Morgan fingerprint density at radius 3 is 2.07 bits per heavy atom. The number of hydrogen-bond donors (Lipinski definition) is 0. The molecule has 2 rings (SSSR count). The average molecular weight is 230 g/mol. The van der Waals surface area contributed by atoms with E-state index in [1.807, 2.05) is 27.7 Å². The van der Waals surface area contributed by atoms with Crippen molar-refractivity contribution in [3.05, 3.63) is 21.9 Å². The second kappa shape index (κ2) is 8.89. The van der Waals surface area contributed by atoms with E-state index in [-0.39, 0.29) is 6.29 Å². The molecule has 0 bridgehead atoms. The van der Waals surface area contributed by atoms with Crippen LogP contribution in [0.3, 0.4) is 0 Å². The molecule has 1 fully saturated rings. The van der Waals surface area contributed by atoms with Gasteiger partial charge >= 0.3 is 0 Å². The van der Waals surface area contributed by atoms with Crippen LogP contribution in [0.15, 0.2) is 11.4 Å². The second-order valence-electron chi connectivity index (χ2n) is 2.56. The molecule has 1 aliphatic heterocycles. The van der Waals surface area contributed by atoms with Gasteiger partial charge in [-0.2, -0.15) is 0 Å². The fraction of sp³-hybridized carbons (Fsp3) is 0.667. The zero-order valence-electron chi connectivity index (χ0n) is 10.4. The molecule has 0 amide bonds. The summed E-state index contributed by atoms with van der Waals surface area (Å²) in [6.07, 6.45) is -0.0973. The molecule has 1 aliphatic rings. The van der Waals surface area contributed by atoms with Gasteiger partial charge in [0.1, 0.15) is 0 Å². The van der Waals surface area contributed by atoms with Crippen LogP contribution in [0.4, 0.5) is 0 Å². The maximum Gasteiger partial charge on any atom is 0.184 e. The van der Waals surface area contributed by atoms with Crippen molar-refractivity contribution < 1.29 is 9.47 Å². The van der Waals surface area contributed by atoms with Gasteiger partial charge in [-0.05, 0) is 18.4 Å². The minimum absolute atomic E-state index is 0.0973. The predicted molar refractivity (Wildman–Crippen MR) is 66.4 cm³/mol. The van der Waals surface area contributed by atoms with E-state index in [2.05, 4.69) is 18.4 Å². The Morgan fingerprint density at radius 1 is 1.13 bits per heavy atom. The molecule has 0 unspecified atom stereocenters. The highest BCUT2D eigenvalue weighted by atomic mass is 32.1. The normalized spacial score (nSPS) is 15.0. The summed E-state index contributed by atoms with van der Waals surface area (Å²) in [7, 11) is 0. The van der Waals surface area contributed by atoms with Crippen molar-refractivity contribution in [2.24, 2.45) is 0 Å². The molecular formula is C12H22O2S. The molecule has 88 valence electrons. The molecule has 0 N–H and O–H groups in total. The van der Waals surface area contributed by atoms with Crippen LogP contribution in [-0.4, -0.2) is 13.2 Å². The molecular weight excluding hydrogens is 208 g/mol. The van der Waals surface area contributed by atoms with Crippen molar-refractivity contribution >= 4 is 11.3 Å². The Kier molecular flexibility index (Phi) is 8.67. The van der Waals surface area contributed by atoms with Gasteiger partial charge in [-0.15, -0.1) is 11.3 Å². The summed E-state index contributed by atoms with van der Waals surface area (Å²) in [5.41, 5.74) is 1.16. The molecule has 3 heteroatoms. The maximum atomic E-state index is 5.34. The first-order chi connectivity index (χ1) is 7.36. The molecule has 1 aromatic heterocycles. The van der Waals surface area contributed by atoms with Crippen LogP contribution < -0.4 is 0 Å². The van der Waals surface area contributed by atoms with Crippen molar-refractivity contribution in [3.63, 3.8) is 0 Å². The quantitative estimate of drug-likeness (QED) is 0.721. The predicted octanol–water partition coefficient (Wildman–Crippen LogP) is 4.15. The lowest BCUT2D eigenvalue weighted by Crippen LogP contribution is -1.94. The first kappa shape index (κ1) is 14.6. The van der Waals surface area contributed by atoms with Crippen LogP contribution in [0.2, 0.25) is 0 Å². The van der Waals surface area contributed by atoms with Crippen molar-refractivity contribution in [2.75, 3.05) is 13.2 Å². The lowest BCUT2D eigenvalue weighted by atomic mass is 10.3. The number of rotatable bonds is 1. The lowest BCUT2D eigenvalue weighted by Gasteiger charge is -2.04. The lowest BCUT2D eigenvalue weighted by molar-refractivity contribution is -0.0438. The van der Waals surface area contributed by atoms with Crippen molar-refractivity contribution in [2.45, 2.75) is 40.9 Å². The van der Waals surface area contributed by atoms with Crippen LogP contribution in [0.1, 0.15) is 44.4 Å². The SMILES string of the molecule is CC.CC.Cc1cc(C2OCCO2)cs1. The molecule has 0 atom stereocenters. The van der Waals surface area contributed by atoms with Gasteiger partial charge in [0.15, 0.2) is 6.29 Å². The first-order valence-corrected chi connectivity index (χ1v) is 6.52. The molecule has 0 spiro atoms. The van der Waals surface area contributed by atoms with E-state index in [4.69, 9.17) is 9.47 Å². The van der Waals surface area contributed by atoms with Gasteiger partial charge in [-0.3, -0.25) is 0 Å². The fourth-order valence-electron chi connectivity index (χ4n) is 1.14. The van der Waals surface area contributed by atoms with E-state index in [1.54, 1.807) is 11.3 Å². The van der Waals surface area contributed by atoms with E-state index >= 15 is 0 Å². The Bertz CT molecular complexity index is 240. The molecule has 0 saturated carbocycles. The van der Waals surface area contributed by atoms with Crippen LogP contribution in [-0.2, 0) is 9.47 Å². The summed E-state index contributed by atoms with van der Waals surface area (Å²) < 4.78 is 10.7. The molecule has 15 heavy (non-hydrogen) atoms. The minimum Gasteiger partial charge on any atom is -0.346 e. The Hall–Kier alpha value is -0.380.